The second-order valence-electron chi connectivity index (χ2n) is 3.75. The van der Waals surface area contributed by atoms with Crippen LogP contribution in [0.3, 0.4) is 0 Å². The maximum absolute atomic E-state index is 9.57. The Kier molecular flexibility index (Phi) is 3.77. The number of hydrazone groups is 1. The minimum Gasteiger partial charge on any atom is -0.504 e. The molecule has 2 aromatic rings. The van der Waals surface area contributed by atoms with E-state index in [0.29, 0.717) is 5.02 Å². The van der Waals surface area contributed by atoms with Gasteiger partial charge in [0.1, 0.15) is 0 Å². The van der Waals surface area contributed by atoms with Crippen molar-refractivity contribution < 1.29 is 15.3 Å². The molecule has 0 aromatic heterocycles. The monoisotopic (exact) mass is 278 g/mol. The van der Waals surface area contributed by atoms with Gasteiger partial charge >= 0.3 is 0 Å². The van der Waals surface area contributed by atoms with Gasteiger partial charge in [-0.1, -0.05) is 11.6 Å². The average Bonchev–Trinajstić information content (AvgIpc) is 2.41. The van der Waals surface area contributed by atoms with Crippen LogP contribution in [0.2, 0.25) is 5.02 Å². The van der Waals surface area contributed by atoms with E-state index in [1.165, 1.54) is 18.3 Å². The number of benzene rings is 2. The molecule has 0 spiro atoms. The van der Waals surface area contributed by atoms with Gasteiger partial charge in [-0.05, 0) is 36.4 Å². The van der Waals surface area contributed by atoms with Crippen LogP contribution in [0, 0.1) is 0 Å². The third kappa shape index (κ3) is 3.08. The summed E-state index contributed by atoms with van der Waals surface area (Å²) < 4.78 is 0. The summed E-state index contributed by atoms with van der Waals surface area (Å²) in [4.78, 5) is 0. The summed E-state index contributed by atoms with van der Waals surface area (Å²) in [5.74, 6) is -1.39. The first-order chi connectivity index (χ1) is 9.08. The van der Waals surface area contributed by atoms with E-state index in [-0.39, 0.29) is 11.3 Å². The molecule has 0 aliphatic carbocycles. The van der Waals surface area contributed by atoms with Crippen molar-refractivity contribution in [2.24, 2.45) is 5.10 Å². The maximum atomic E-state index is 9.57. The molecular weight excluding hydrogens is 268 g/mol. The highest BCUT2D eigenvalue weighted by molar-refractivity contribution is 6.30. The standard InChI is InChI=1S/C13H11ClN2O3/c14-9-2-4-10(5-3-9)16-15-7-8-1-6-11(17)13(19)12(8)18/h1-7,16-19H/b15-7+. The summed E-state index contributed by atoms with van der Waals surface area (Å²) in [5.41, 5.74) is 3.74. The highest BCUT2D eigenvalue weighted by atomic mass is 35.5. The van der Waals surface area contributed by atoms with Crippen LogP contribution in [0.4, 0.5) is 5.69 Å². The Balaban J connectivity index is 2.11. The van der Waals surface area contributed by atoms with E-state index in [9.17, 15) is 15.3 Å². The molecule has 0 amide bonds. The molecule has 0 aliphatic rings. The zero-order chi connectivity index (χ0) is 13.8. The fourth-order valence-corrected chi connectivity index (χ4v) is 1.52. The largest absolute Gasteiger partial charge is 0.504 e. The number of nitrogens with one attached hydrogen (secondary N) is 1. The lowest BCUT2D eigenvalue weighted by molar-refractivity contribution is 0.367. The molecule has 0 saturated heterocycles. The van der Waals surface area contributed by atoms with Crippen LogP contribution in [0.5, 0.6) is 17.2 Å². The molecule has 6 heteroatoms. The molecule has 0 atom stereocenters. The van der Waals surface area contributed by atoms with Crippen LogP contribution >= 0.6 is 11.6 Å². The van der Waals surface area contributed by atoms with E-state index in [4.69, 9.17) is 11.6 Å². The van der Waals surface area contributed by atoms with Crippen molar-refractivity contribution in [1.29, 1.82) is 0 Å². The van der Waals surface area contributed by atoms with Crippen molar-refractivity contribution in [2.45, 2.75) is 0 Å². The first kappa shape index (κ1) is 13.0. The van der Waals surface area contributed by atoms with Gasteiger partial charge in [0, 0.05) is 10.6 Å². The molecule has 19 heavy (non-hydrogen) atoms. The second-order valence-corrected chi connectivity index (χ2v) is 4.18. The lowest BCUT2D eigenvalue weighted by Gasteiger charge is -2.04. The number of rotatable bonds is 3. The van der Waals surface area contributed by atoms with Crippen LogP contribution in [0.25, 0.3) is 0 Å². The molecule has 0 bridgehead atoms. The predicted molar refractivity (Wildman–Crippen MR) is 74.1 cm³/mol. The Labute approximate surface area is 114 Å². The average molecular weight is 279 g/mol. The fourth-order valence-electron chi connectivity index (χ4n) is 1.39. The number of anilines is 1. The Morgan fingerprint density at radius 2 is 1.63 bits per heavy atom. The van der Waals surface area contributed by atoms with Gasteiger partial charge in [0.05, 0.1) is 11.9 Å². The minimum atomic E-state index is -0.574. The van der Waals surface area contributed by atoms with Crippen molar-refractivity contribution in [3.63, 3.8) is 0 Å². The topological polar surface area (TPSA) is 85.1 Å². The van der Waals surface area contributed by atoms with Crippen LogP contribution in [-0.4, -0.2) is 21.5 Å². The number of hydrogen-bond donors (Lipinski definition) is 4. The molecule has 0 unspecified atom stereocenters. The van der Waals surface area contributed by atoms with Gasteiger partial charge in [0.15, 0.2) is 11.5 Å². The summed E-state index contributed by atoms with van der Waals surface area (Å²) in [6.07, 6.45) is 1.32. The van der Waals surface area contributed by atoms with Gasteiger partial charge in [-0.15, -0.1) is 0 Å². The van der Waals surface area contributed by atoms with E-state index in [0.717, 1.165) is 5.69 Å². The third-order valence-corrected chi connectivity index (χ3v) is 2.65. The highest BCUT2D eigenvalue weighted by Gasteiger charge is 2.08. The summed E-state index contributed by atoms with van der Waals surface area (Å²) in [6.45, 7) is 0. The Bertz CT molecular complexity index is 612. The lowest BCUT2D eigenvalue weighted by atomic mass is 10.2. The fraction of sp³-hybridized carbons (Fsp3) is 0. The number of aromatic hydroxyl groups is 3. The zero-order valence-corrected chi connectivity index (χ0v) is 10.5. The van der Waals surface area contributed by atoms with Crippen molar-refractivity contribution in [2.75, 3.05) is 5.43 Å². The van der Waals surface area contributed by atoms with E-state index >= 15 is 0 Å². The Morgan fingerprint density at radius 1 is 0.947 bits per heavy atom. The smallest absolute Gasteiger partial charge is 0.200 e. The number of phenolic OH excluding ortho intramolecular Hbond substituents is 3. The molecule has 0 fully saturated rings. The van der Waals surface area contributed by atoms with Gasteiger partial charge in [0.2, 0.25) is 5.75 Å². The molecule has 0 aliphatic heterocycles. The molecule has 2 aromatic carbocycles. The van der Waals surface area contributed by atoms with Crippen LogP contribution in [0.15, 0.2) is 41.5 Å². The number of halogens is 1. The van der Waals surface area contributed by atoms with Crippen molar-refractivity contribution in [3.8, 4) is 17.2 Å². The second kappa shape index (κ2) is 5.49. The minimum absolute atomic E-state index is 0.275. The van der Waals surface area contributed by atoms with Crippen LogP contribution in [-0.2, 0) is 0 Å². The maximum Gasteiger partial charge on any atom is 0.200 e. The van der Waals surface area contributed by atoms with E-state index in [1.54, 1.807) is 24.3 Å². The number of phenols is 3. The molecule has 0 saturated carbocycles. The molecular formula is C13H11ClN2O3. The Morgan fingerprint density at radius 3 is 2.32 bits per heavy atom. The van der Waals surface area contributed by atoms with E-state index in [2.05, 4.69) is 10.5 Å². The third-order valence-electron chi connectivity index (χ3n) is 2.40. The summed E-state index contributed by atoms with van der Waals surface area (Å²) in [5, 5.41) is 32.6. The SMILES string of the molecule is Oc1ccc(/C=N/Nc2ccc(Cl)cc2)c(O)c1O. The molecule has 4 N–H and O–H groups in total. The molecule has 5 nitrogen and oxygen atoms in total. The Hall–Kier alpha value is -2.40. The van der Waals surface area contributed by atoms with Gasteiger partial charge < -0.3 is 15.3 Å². The lowest BCUT2D eigenvalue weighted by Crippen LogP contribution is -1.91. The quantitative estimate of drug-likeness (QED) is 0.395. The first-order valence-electron chi connectivity index (χ1n) is 5.36. The van der Waals surface area contributed by atoms with Gasteiger partial charge in [-0.3, -0.25) is 5.43 Å². The van der Waals surface area contributed by atoms with Crippen molar-refractivity contribution in [1.82, 2.24) is 0 Å². The normalized spacial score (nSPS) is 10.8. The van der Waals surface area contributed by atoms with E-state index < -0.39 is 11.5 Å². The summed E-state index contributed by atoms with van der Waals surface area (Å²) in [7, 11) is 0. The number of nitrogens with zero attached hydrogens (tertiary/aromatic N) is 1. The van der Waals surface area contributed by atoms with Crippen LogP contribution < -0.4 is 5.43 Å². The van der Waals surface area contributed by atoms with Crippen LogP contribution in [0.1, 0.15) is 5.56 Å². The molecule has 0 radical (unpaired) electrons. The first-order valence-corrected chi connectivity index (χ1v) is 5.74. The molecule has 2 rings (SSSR count). The van der Waals surface area contributed by atoms with E-state index in [1.807, 2.05) is 0 Å². The summed E-state index contributed by atoms with van der Waals surface area (Å²) >= 11 is 5.74. The summed E-state index contributed by atoms with van der Waals surface area (Å²) in [6, 6.07) is 9.60. The van der Waals surface area contributed by atoms with Crippen molar-refractivity contribution >= 4 is 23.5 Å². The zero-order valence-electron chi connectivity index (χ0n) is 9.71. The van der Waals surface area contributed by atoms with Gasteiger partial charge in [-0.25, -0.2) is 0 Å². The molecule has 98 valence electrons. The predicted octanol–water partition coefficient (Wildman–Crippen LogP) is 2.90. The van der Waals surface area contributed by atoms with Gasteiger partial charge in [-0.2, -0.15) is 5.10 Å². The van der Waals surface area contributed by atoms with Gasteiger partial charge in [0.25, 0.3) is 0 Å². The highest BCUT2D eigenvalue weighted by Crippen LogP contribution is 2.36. The number of hydrogen-bond acceptors (Lipinski definition) is 5. The van der Waals surface area contributed by atoms with Crippen molar-refractivity contribution in [3.05, 3.63) is 47.0 Å². The molecule has 0 heterocycles.